The van der Waals surface area contributed by atoms with Crippen LogP contribution >= 0.6 is 23.4 Å². The zero-order valence-electron chi connectivity index (χ0n) is 11.0. The average molecular weight is 294 g/mol. The van der Waals surface area contributed by atoms with Gasteiger partial charge in [0.25, 0.3) is 0 Å². The summed E-state index contributed by atoms with van der Waals surface area (Å²) in [5, 5.41) is 10.4. The number of nitrogens with zero attached hydrogens (tertiary/aromatic N) is 1. The lowest BCUT2D eigenvalue weighted by molar-refractivity contribution is 0.473. The van der Waals surface area contributed by atoms with Gasteiger partial charge in [-0.25, -0.2) is 0 Å². The van der Waals surface area contributed by atoms with Crippen molar-refractivity contribution in [1.29, 1.82) is 0 Å². The maximum absolute atomic E-state index is 9.59. The van der Waals surface area contributed by atoms with E-state index < -0.39 is 0 Å². The first-order valence-electron chi connectivity index (χ1n) is 6.16. The van der Waals surface area contributed by atoms with Gasteiger partial charge in [-0.2, -0.15) is 0 Å². The molecular weight excluding hydrogens is 278 g/mol. The average Bonchev–Trinajstić information content (AvgIpc) is 2.36. The van der Waals surface area contributed by atoms with Gasteiger partial charge >= 0.3 is 0 Å². The van der Waals surface area contributed by atoms with E-state index in [4.69, 9.17) is 11.6 Å². The van der Waals surface area contributed by atoms with E-state index in [-0.39, 0.29) is 0 Å². The molecule has 2 aromatic rings. The number of phenols is 1. The molecular formula is C15H16ClNOS. The van der Waals surface area contributed by atoms with Gasteiger partial charge in [0.1, 0.15) is 5.75 Å². The van der Waals surface area contributed by atoms with Crippen molar-refractivity contribution in [2.75, 3.05) is 0 Å². The normalized spacial score (nSPS) is 10.7. The van der Waals surface area contributed by atoms with Crippen molar-refractivity contribution >= 4 is 23.4 Å². The number of hydrogen-bond donors (Lipinski definition) is 1. The minimum absolute atomic E-state index is 0.301. The van der Waals surface area contributed by atoms with Gasteiger partial charge in [-0.15, -0.1) is 11.8 Å². The molecule has 1 heterocycles. The van der Waals surface area contributed by atoms with Crippen LogP contribution in [0.15, 0.2) is 35.4 Å². The molecule has 2 rings (SSSR count). The number of rotatable bonds is 4. The Bertz CT molecular complexity index is 566. The van der Waals surface area contributed by atoms with Gasteiger partial charge in [0.05, 0.1) is 0 Å². The van der Waals surface area contributed by atoms with Crippen LogP contribution in [-0.2, 0) is 12.2 Å². The van der Waals surface area contributed by atoms with Gasteiger partial charge in [-0.1, -0.05) is 18.5 Å². The van der Waals surface area contributed by atoms with Crippen LogP contribution in [0.3, 0.4) is 0 Å². The fraction of sp³-hybridized carbons (Fsp3) is 0.267. The van der Waals surface area contributed by atoms with Crippen molar-refractivity contribution in [3.05, 3.63) is 52.3 Å². The second-order valence-corrected chi connectivity index (χ2v) is 5.82. The number of aromatic hydroxyl groups is 1. The zero-order chi connectivity index (χ0) is 13.8. The molecule has 1 aromatic heterocycles. The maximum atomic E-state index is 9.59. The molecule has 0 saturated carbocycles. The standard InChI is InChI=1S/C15H16ClNOS/c1-3-15-13(14(16)4-5-17-15)9-19-12-7-10(2)6-11(18)8-12/h4-8,18H,3,9H2,1-2H3. The van der Waals surface area contributed by atoms with Crippen molar-refractivity contribution in [1.82, 2.24) is 4.98 Å². The second-order valence-electron chi connectivity index (χ2n) is 4.36. The number of hydrogen-bond acceptors (Lipinski definition) is 3. The van der Waals surface area contributed by atoms with Crippen LogP contribution in [-0.4, -0.2) is 10.1 Å². The van der Waals surface area contributed by atoms with Gasteiger partial charge in [0, 0.05) is 33.1 Å². The highest BCUT2D eigenvalue weighted by molar-refractivity contribution is 7.98. The van der Waals surface area contributed by atoms with Crippen LogP contribution in [0.25, 0.3) is 0 Å². The summed E-state index contributed by atoms with van der Waals surface area (Å²) >= 11 is 7.90. The number of aromatic nitrogens is 1. The van der Waals surface area contributed by atoms with Crippen molar-refractivity contribution < 1.29 is 5.11 Å². The van der Waals surface area contributed by atoms with Crippen LogP contribution in [0.5, 0.6) is 5.75 Å². The summed E-state index contributed by atoms with van der Waals surface area (Å²) in [5.41, 5.74) is 3.17. The van der Waals surface area contributed by atoms with Gasteiger partial charge < -0.3 is 5.11 Å². The van der Waals surface area contributed by atoms with Crippen molar-refractivity contribution in [2.45, 2.75) is 30.9 Å². The lowest BCUT2D eigenvalue weighted by atomic mass is 10.2. The van der Waals surface area contributed by atoms with E-state index in [0.29, 0.717) is 5.75 Å². The molecule has 0 bridgehead atoms. The third kappa shape index (κ3) is 3.64. The Labute approximate surface area is 122 Å². The monoisotopic (exact) mass is 293 g/mol. The highest BCUT2D eigenvalue weighted by Crippen LogP contribution is 2.30. The minimum atomic E-state index is 0.301. The topological polar surface area (TPSA) is 33.1 Å². The molecule has 2 nitrogen and oxygen atoms in total. The second kappa shape index (κ2) is 6.31. The maximum Gasteiger partial charge on any atom is 0.116 e. The number of aryl methyl sites for hydroxylation is 2. The van der Waals surface area contributed by atoms with Gasteiger partial charge in [-0.3, -0.25) is 4.98 Å². The quantitative estimate of drug-likeness (QED) is 0.836. The molecule has 1 N–H and O–H groups in total. The summed E-state index contributed by atoms with van der Waals surface area (Å²) < 4.78 is 0. The smallest absolute Gasteiger partial charge is 0.116 e. The number of thioether (sulfide) groups is 1. The Kier molecular flexibility index (Phi) is 4.72. The van der Waals surface area contributed by atoms with E-state index in [1.54, 1.807) is 30.1 Å². The molecule has 1 aromatic carbocycles. The van der Waals surface area contributed by atoms with E-state index >= 15 is 0 Å². The van der Waals surface area contributed by atoms with Crippen LogP contribution in [0.1, 0.15) is 23.7 Å². The van der Waals surface area contributed by atoms with Gasteiger partial charge in [0.15, 0.2) is 0 Å². The van der Waals surface area contributed by atoms with Gasteiger partial charge in [-0.05, 0) is 43.2 Å². The predicted octanol–water partition coefficient (Wildman–Crippen LogP) is 4.60. The number of halogens is 1. The van der Waals surface area contributed by atoms with E-state index in [0.717, 1.165) is 38.9 Å². The molecule has 19 heavy (non-hydrogen) atoms. The Balaban J connectivity index is 2.18. The van der Waals surface area contributed by atoms with E-state index in [1.807, 2.05) is 13.0 Å². The summed E-state index contributed by atoms with van der Waals surface area (Å²) in [6, 6.07) is 7.40. The number of phenolic OH excluding ortho intramolecular Hbond substituents is 1. The highest BCUT2D eigenvalue weighted by Gasteiger charge is 2.08. The highest BCUT2D eigenvalue weighted by atomic mass is 35.5. The largest absolute Gasteiger partial charge is 0.508 e. The summed E-state index contributed by atoms with van der Waals surface area (Å²) in [6.45, 7) is 4.05. The Morgan fingerprint density at radius 1 is 1.32 bits per heavy atom. The lowest BCUT2D eigenvalue weighted by Crippen LogP contribution is -1.95. The van der Waals surface area contributed by atoms with Crippen LogP contribution < -0.4 is 0 Å². The molecule has 0 aliphatic carbocycles. The molecule has 0 aliphatic heterocycles. The Morgan fingerprint density at radius 2 is 2.11 bits per heavy atom. The minimum Gasteiger partial charge on any atom is -0.508 e. The first kappa shape index (κ1) is 14.2. The van der Waals surface area contributed by atoms with Crippen molar-refractivity contribution in [3.63, 3.8) is 0 Å². The fourth-order valence-corrected chi connectivity index (χ4v) is 3.35. The molecule has 0 radical (unpaired) electrons. The molecule has 0 spiro atoms. The molecule has 0 saturated heterocycles. The molecule has 0 unspecified atom stereocenters. The molecule has 0 fully saturated rings. The number of benzene rings is 1. The zero-order valence-corrected chi connectivity index (χ0v) is 12.6. The first-order chi connectivity index (χ1) is 9.10. The molecule has 4 heteroatoms. The van der Waals surface area contributed by atoms with E-state index in [1.165, 1.54) is 0 Å². The summed E-state index contributed by atoms with van der Waals surface area (Å²) in [4.78, 5) is 5.40. The predicted molar refractivity (Wildman–Crippen MR) is 81.0 cm³/mol. The van der Waals surface area contributed by atoms with Crippen LogP contribution in [0.4, 0.5) is 0 Å². The lowest BCUT2D eigenvalue weighted by Gasteiger charge is -2.09. The third-order valence-corrected chi connectivity index (χ3v) is 4.20. The van der Waals surface area contributed by atoms with Crippen molar-refractivity contribution in [3.8, 4) is 5.75 Å². The van der Waals surface area contributed by atoms with E-state index in [9.17, 15) is 5.11 Å². The van der Waals surface area contributed by atoms with Crippen LogP contribution in [0.2, 0.25) is 5.02 Å². The number of pyridine rings is 1. The third-order valence-electron chi connectivity index (χ3n) is 2.84. The molecule has 0 atom stereocenters. The van der Waals surface area contributed by atoms with Crippen molar-refractivity contribution in [2.24, 2.45) is 0 Å². The summed E-state index contributed by atoms with van der Waals surface area (Å²) in [5.74, 6) is 1.06. The van der Waals surface area contributed by atoms with Gasteiger partial charge in [0.2, 0.25) is 0 Å². The Morgan fingerprint density at radius 3 is 2.79 bits per heavy atom. The molecule has 0 aliphatic rings. The van der Waals surface area contributed by atoms with E-state index in [2.05, 4.69) is 18.0 Å². The summed E-state index contributed by atoms with van der Waals surface area (Å²) in [7, 11) is 0. The SMILES string of the molecule is CCc1nccc(Cl)c1CSc1cc(C)cc(O)c1. The fourth-order valence-electron chi connectivity index (χ4n) is 1.93. The molecule has 0 amide bonds. The summed E-state index contributed by atoms with van der Waals surface area (Å²) in [6.07, 6.45) is 2.61. The molecule has 100 valence electrons. The van der Waals surface area contributed by atoms with Crippen LogP contribution in [0, 0.1) is 6.92 Å². The Hall–Kier alpha value is -1.19. The first-order valence-corrected chi connectivity index (χ1v) is 7.52.